The number of carbonyl (C=O) groups is 4. The van der Waals surface area contributed by atoms with Gasteiger partial charge in [0.1, 0.15) is 5.75 Å². The van der Waals surface area contributed by atoms with Crippen LogP contribution >= 0.6 is 23.2 Å². The monoisotopic (exact) mass is 504 g/mol. The molecule has 1 saturated carbocycles. The molecule has 1 saturated heterocycles. The van der Waals surface area contributed by atoms with E-state index in [1.54, 1.807) is 30.3 Å². The predicted molar refractivity (Wildman–Crippen MR) is 126 cm³/mol. The van der Waals surface area contributed by atoms with Crippen molar-refractivity contribution >= 4 is 58.3 Å². The summed E-state index contributed by atoms with van der Waals surface area (Å²) in [5.74, 6) is -2.61. The number of para-hydroxylation sites is 2. The van der Waals surface area contributed by atoms with Gasteiger partial charge in [-0.3, -0.25) is 19.3 Å². The number of methoxy groups -OCH3 is 1. The Balaban J connectivity index is 1.42. The van der Waals surface area contributed by atoms with Gasteiger partial charge in [0, 0.05) is 0 Å². The minimum absolute atomic E-state index is 0.100. The molecular weight excluding hydrogens is 483 g/mol. The summed E-state index contributed by atoms with van der Waals surface area (Å²) in [5, 5.41) is 1.84. The van der Waals surface area contributed by atoms with Gasteiger partial charge in [0.15, 0.2) is 6.61 Å². The third-order valence-corrected chi connectivity index (χ3v) is 7.06. The van der Waals surface area contributed by atoms with Crippen molar-refractivity contribution in [1.29, 1.82) is 0 Å². The SMILES string of the molecule is COc1ccccc1NC(=O)COC(=O)c1cccc(N2C(=O)[C@H]3C[C@@H](Cl)[C@@H](Cl)C[C@H]3C2=O)c1. The Morgan fingerprint density at radius 3 is 2.29 bits per heavy atom. The van der Waals surface area contributed by atoms with Crippen molar-refractivity contribution in [3.05, 3.63) is 54.1 Å². The fourth-order valence-electron chi connectivity index (χ4n) is 4.27. The lowest BCUT2D eigenvalue weighted by Crippen LogP contribution is -2.34. The van der Waals surface area contributed by atoms with E-state index in [9.17, 15) is 19.2 Å². The number of anilines is 2. The van der Waals surface area contributed by atoms with Crippen molar-refractivity contribution in [1.82, 2.24) is 0 Å². The molecule has 3 amide bonds. The number of halogens is 2. The molecule has 34 heavy (non-hydrogen) atoms. The lowest BCUT2D eigenvalue weighted by molar-refractivity contribution is -0.122. The van der Waals surface area contributed by atoms with E-state index in [0.29, 0.717) is 24.3 Å². The molecule has 0 bridgehead atoms. The standard InChI is InChI=1S/C24H22Cl2N2O6/c1-33-20-8-3-2-7-19(20)27-21(29)12-34-24(32)13-5-4-6-14(9-13)28-22(30)15-10-17(25)18(26)11-16(15)23(28)31/h2-9,15-18H,10-12H2,1H3,(H,27,29)/t15-,16+,17+,18-. The van der Waals surface area contributed by atoms with Crippen LogP contribution in [-0.2, 0) is 19.1 Å². The molecule has 1 N–H and O–H groups in total. The maximum Gasteiger partial charge on any atom is 0.338 e. The summed E-state index contributed by atoms with van der Waals surface area (Å²) < 4.78 is 10.3. The van der Waals surface area contributed by atoms with E-state index in [1.807, 2.05) is 0 Å². The molecule has 4 atom stereocenters. The van der Waals surface area contributed by atoms with Gasteiger partial charge >= 0.3 is 5.97 Å². The van der Waals surface area contributed by atoms with E-state index < -0.39 is 30.3 Å². The van der Waals surface area contributed by atoms with E-state index in [-0.39, 0.29) is 33.8 Å². The second kappa shape index (κ2) is 10.0. The Kier molecular flexibility index (Phi) is 7.09. The summed E-state index contributed by atoms with van der Waals surface area (Å²) >= 11 is 12.4. The number of hydrogen-bond donors (Lipinski definition) is 1. The first-order chi connectivity index (χ1) is 16.3. The van der Waals surface area contributed by atoms with Gasteiger partial charge in [0.25, 0.3) is 5.91 Å². The van der Waals surface area contributed by atoms with E-state index in [0.717, 1.165) is 4.90 Å². The molecule has 2 aromatic rings. The number of fused-ring (bicyclic) bond motifs is 1. The van der Waals surface area contributed by atoms with Crippen molar-refractivity contribution in [3.8, 4) is 5.75 Å². The van der Waals surface area contributed by atoms with E-state index in [2.05, 4.69) is 5.32 Å². The molecule has 4 rings (SSSR count). The Morgan fingerprint density at radius 1 is 1.00 bits per heavy atom. The number of imide groups is 1. The average Bonchev–Trinajstić information content (AvgIpc) is 3.07. The number of ether oxygens (including phenoxy) is 2. The minimum Gasteiger partial charge on any atom is -0.495 e. The van der Waals surface area contributed by atoms with Gasteiger partial charge in [-0.25, -0.2) is 4.79 Å². The molecular formula is C24H22Cl2N2O6. The van der Waals surface area contributed by atoms with Crippen molar-refractivity contribution in [3.63, 3.8) is 0 Å². The van der Waals surface area contributed by atoms with Gasteiger partial charge < -0.3 is 14.8 Å². The molecule has 1 aliphatic carbocycles. The van der Waals surface area contributed by atoms with Crippen LogP contribution in [0, 0.1) is 11.8 Å². The van der Waals surface area contributed by atoms with Crippen molar-refractivity contribution < 1.29 is 28.7 Å². The number of alkyl halides is 2. The smallest absolute Gasteiger partial charge is 0.338 e. The molecule has 10 heteroatoms. The Bertz CT molecular complexity index is 1110. The van der Waals surface area contributed by atoms with Gasteiger partial charge in [-0.05, 0) is 43.2 Å². The lowest BCUT2D eigenvalue weighted by Gasteiger charge is -2.28. The van der Waals surface area contributed by atoms with Crippen LogP contribution in [-0.4, -0.2) is 48.2 Å². The van der Waals surface area contributed by atoms with Crippen LogP contribution in [0.15, 0.2) is 48.5 Å². The van der Waals surface area contributed by atoms with Gasteiger partial charge in [-0.2, -0.15) is 0 Å². The van der Waals surface area contributed by atoms with Gasteiger partial charge in [-0.1, -0.05) is 18.2 Å². The van der Waals surface area contributed by atoms with Crippen LogP contribution in [0.2, 0.25) is 0 Å². The normalized spacial score (nSPS) is 23.9. The third kappa shape index (κ3) is 4.74. The number of rotatable bonds is 6. The molecule has 0 spiro atoms. The topological polar surface area (TPSA) is 102 Å². The summed E-state index contributed by atoms with van der Waals surface area (Å²) in [6.45, 7) is -0.527. The molecule has 0 unspecified atom stereocenters. The molecule has 1 aliphatic heterocycles. The average molecular weight is 505 g/mol. The highest BCUT2D eigenvalue weighted by atomic mass is 35.5. The number of nitrogens with one attached hydrogen (secondary N) is 1. The third-order valence-electron chi connectivity index (χ3n) is 5.97. The van der Waals surface area contributed by atoms with Crippen LogP contribution in [0.5, 0.6) is 5.75 Å². The zero-order valence-corrected chi connectivity index (χ0v) is 19.7. The molecule has 8 nitrogen and oxygen atoms in total. The predicted octanol–water partition coefficient (Wildman–Crippen LogP) is 3.60. The lowest BCUT2D eigenvalue weighted by atomic mass is 9.80. The van der Waals surface area contributed by atoms with Gasteiger partial charge in [0.05, 0.1) is 46.6 Å². The van der Waals surface area contributed by atoms with Crippen LogP contribution < -0.4 is 15.0 Å². The highest BCUT2D eigenvalue weighted by Gasteiger charge is 2.52. The summed E-state index contributed by atoms with van der Waals surface area (Å²) in [4.78, 5) is 51.7. The van der Waals surface area contributed by atoms with Crippen LogP contribution in [0.3, 0.4) is 0 Å². The number of carbonyl (C=O) groups excluding carboxylic acids is 4. The fraction of sp³-hybridized carbons (Fsp3) is 0.333. The molecule has 2 aromatic carbocycles. The first-order valence-corrected chi connectivity index (χ1v) is 11.5. The zero-order chi connectivity index (χ0) is 24.4. The summed E-state index contributed by atoms with van der Waals surface area (Å²) in [5.41, 5.74) is 0.803. The quantitative estimate of drug-likeness (QED) is 0.366. The molecule has 0 aromatic heterocycles. The van der Waals surface area contributed by atoms with E-state index >= 15 is 0 Å². The number of esters is 1. The Hall–Kier alpha value is -3.10. The fourth-order valence-corrected chi connectivity index (χ4v) is 4.86. The van der Waals surface area contributed by atoms with Crippen LogP contribution in [0.1, 0.15) is 23.2 Å². The van der Waals surface area contributed by atoms with Crippen molar-refractivity contribution in [2.45, 2.75) is 23.6 Å². The second-order valence-corrected chi connectivity index (χ2v) is 9.22. The van der Waals surface area contributed by atoms with Crippen molar-refractivity contribution in [2.75, 3.05) is 23.9 Å². The maximum absolute atomic E-state index is 12.9. The van der Waals surface area contributed by atoms with Gasteiger partial charge in [-0.15, -0.1) is 23.2 Å². The van der Waals surface area contributed by atoms with Crippen LogP contribution in [0.4, 0.5) is 11.4 Å². The Morgan fingerprint density at radius 2 is 1.65 bits per heavy atom. The maximum atomic E-state index is 12.9. The first kappa shape index (κ1) is 24.0. The van der Waals surface area contributed by atoms with E-state index in [1.165, 1.54) is 25.3 Å². The summed E-state index contributed by atoms with van der Waals surface area (Å²) in [7, 11) is 1.48. The summed E-state index contributed by atoms with van der Waals surface area (Å²) in [6.07, 6.45) is 0.648. The molecule has 2 aliphatic rings. The van der Waals surface area contributed by atoms with Crippen molar-refractivity contribution in [2.24, 2.45) is 11.8 Å². The Labute approximate surface area is 206 Å². The van der Waals surface area contributed by atoms with Crippen LogP contribution in [0.25, 0.3) is 0 Å². The zero-order valence-electron chi connectivity index (χ0n) is 18.2. The highest BCUT2D eigenvalue weighted by Crippen LogP contribution is 2.43. The summed E-state index contributed by atoms with van der Waals surface area (Å²) in [6, 6.07) is 12.8. The second-order valence-electron chi connectivity index (χ2n) is 8.10. The molecule has 178 valence electrons. The molecule has 2 fully saturated rings. The highest BCUT2D eigenvalue weighted by molar-refractivity contribution is 6.31. The van der Waals surface area contributed by atoms with E-state index in [4.69, 9.17) is 32.7 Å². The molecule has 1 heterocycles. The number of hydrogen-bond acceptors (Lipinski definition) is 6. The minimum atomic E-state index is -0.768. The molecule has 0 radical (unpaired) electrons. The number of benzene rings is 2. The number of nitrogens with zero attached hydrogens (tertiary/aromatic N) is 1. The largest absolute Gasteiger partial charge is 0.495 e. The first-order valence-electron chi connectivity index (χ1n) is 10.7. The van der Waals surface area contributed by atoms with Gasteiger partial charge in [0.2, 0.25) is 11.8 Å². The number of amides is 3.